The lowest BCUT2D eigenvalue weighted by molar-refractivity contribution is 0.305. The predicted octanol–water partition coefficient (Wildman–Crippen LogP) is 4.62. The zero-order valence-electron chi connectivity index (χ0n) is 8.66. The number of hydrogen-bond acceptors (Lipinski definition) is 2. The maximum atomic E-state index is 5.90. The summed E-state index contributed by atoms with van der Waals surface area (Å²) in [6.07, 6.45) is 1.61. The molecule has 2 rings (SSSR count). The molecule has 1 heterocycles. The lowest BCUT2D eigenvalue weighted by Crippen LogP contribution is -1.96. The first-order chi connectivity index (χ1) is 8.16. The highest BCUT2D eigenvalue weighted by atomic mass is 35.5. The van der Waals surface area contributed by atoms with Crippen LogP contribution in [0.1, 0.15) is 5.56 Å². The van der Waals surface area contributed by atoms with Crippen LogP contribution in [0.25, 0.3) is 0 Å². The van der Waals surface area contributed by atoms with Crippen molar-refractivity contribution in [2.24, 2.45) is 0 Å². The minimum Gasteiger partial charge on any atom is -0.486 e. The maximum Gasteiger partial charge on any atom is 0.171 e. The smallest absolute Gasteiger partial charge is 0.171 e. The molecular weight excluding hydrogens is 280 g/mol. The Morgan fingerprint density at radius 3 is 2.59 bits per heavy atom. The van der Waals surface area contributed by atoms with Crippen LogP contribution in [0.2, 0.25) is 15.2 Å². The molecule has 1 aromatic carbocycles. The monoisotopic (exact) mass is 287 g/mol. The first kappa shape index (κ1) is 12.5. The summed E-state index contributed by atoms with van der Waals surface area (Å²) in [5, 5.41) is 1.37. The van der Waals surface area contributed by atoms with Crippen LogP contribution < -0.4 is 4.74 Å². The fourth-order valence-electron chi connectivity index (χ4n) is 1.27. The highest BCUT2D eigenvalue weighted by molar-refractivity contribution is 6.42. The SMILES string of the molecule is Clc1ccc(COc2cccnc2Cl)cc1Cl. The summed E-state index contributed by atoms with van der Waals surface area (Å²) < 4.78 is 5.52. The van der Waals surface area contributed by atoms with Crippen LogP contribution in [0.15, 0.2) is 36.5 Å². The van der Waals surface area contributed by atoms with Crippen molar-refractivity contribution in [2.75, 3.05) is 0 Å². The molecule has 0 radical (unpaired) electrons. The third-order valence-corrected chi connectivity index (χ3v) is 3.13. The molecule has 0 N–H and O–H groups in total. The molecule has 0 aliphatic carbocycles. The number of rotatable bonds is 3. The van der Waals surface area contributed by atoms with E-state index >= 15 is 0 Å². The van der Waals surface area contributed by atoms with Gasteiger partial charge >= 0.3 is 0 Å². The number of nitrogens with zero attached hydrogens (tertiary/aromatic N) is 1. The summed E-state index contributed by atoms with van der Waals surface area (Å²) in [5.74, 6) is 0.542. The van der Waals surface area contributed by atoms with Gasteiger partial charge in [0.2, 0.25) is 0 Å². The van der Waals surface area contributed by atoms with Gasteiger partial charge in [0.1, 0.15) is 6.61 Å². The van der Waals surface area contributed by atoms with E-state index in [4.69, 9.17) is 39.5 Å². The largest absolute Gasteiger partial charge is 0.486 e. The van der Waals surface area contributed by atoms with Crippen LogP contribution >= 0.6 is 34.8 Å². The Balaban J connectivity index is 2.08. The van der Waals surface area contributed by atoms with Gasteiger partial charge in [0.15, 0.2) is 10.9 Å². The number of pyridine rings is 1. The van der Waals surface area contributed by atoms with Crippen molar-refractivity contribution in [2.45, 2.75) is 6.61 Å². The maximum absolute atomic E-state index is 5.90. The molecule has 2 nitrogen and oxygen atoms in total. The summed E-state index contributed by atoms with van der Waals surface area (Å²) in [4.78, 5) is 3.92. The molecule has 88 valence electrons. The Kier molecular flexibility index (Phi) is 4.11. The zero-order valence-corrected chi connectivity index (χ0v) is 10.9. The number of halogens is 3. The van der Waals surface area contributed by atoms with Gasteiger partial charge in [-0.25, -0.2) is 4.98 Å². The Bertz CT molecular complexity index is 531. The van der Waals surface area contributed by atoms with Crippen molar-refractivity contribution in [3.8, 4) is 5.75 Å². The van der Waals surface area contributed by atoms with Crippen molar-refractivity contribution in [3.05, 3.63) is 57.3 Å². The van der Waals surface area contributed by atoms with E-state index in [9.17, 15) is 0 Å². The van der Waals surface area contributed by atoms with E-state index in [-0.39, 0.29) is 0 Å². The van der Waals surface area contributed by atoms with E-state index in [1.807, 2.05) is 6.07 Å². The molecule has 0 fully saturated rings. The molecule has 0 spiro atoms. The Morgan fingerprint density at radius 2 is 1.88 bits per heavy atom. The molecular formula is C12H8Cl3NO. The van der Waals surface area contributed by atoms with Crippen LogP contribution in [-0.4, -0.2) is 4.98 Å². The van der Waals surface area contributed by atoms with Crippen molar-refractivity contribution in [3.63, 3.8) is 0 Å². The van der Waals surface area contributed by atoms with Gasteiger partial charge in [-0.05, 0) is 29.8 Å². The van der Waals surface area contributed by atoms with Crippen LogP contribution in [0.4, 0.5) is 0 Å². The van der Waals surface area contributed by atoms with E-state index in [2.05, 4.69) is 4.98 Å². The van der Waals surface area contributed by atoms with Crippen LogP contribution in [0.5, 0.6) is 5.75 Å². The van der Waals surface area contributed by atoms with Gasteiger partial charge in [-0.15, -0.1) is 0 Å². The fourth-order valence-corrected chi connectivity index (χ4v) is 1.76. The lowest BCUT2D eigenvalue weighted by atomic mass is 10.2. The number of benzene rings is 1. The van der Waals surface area contributed by atoms with E-state index in [0.717, 1.165) is 5.56 Å². The quantitative estimate of drug-likeness (QED) is 0.769. The van der Waals surface area contributed by atoms with Gasteiger partial charge in [-0.3, -0.25) is 0 Å². The number of ether oxygens (including phenoxy) is 1. The molecule has 17 heavy (non-hydrogen) atoms. The van der Waals surface area contributed by atoms with Gasteiger partial charge in [0, 0.05) is 6.20 Å². The Hall–Kier alpha value is -0.960. The summed E-state index contributed by atoms with van der Waals surface area (Å²) in [6, 6.07) is 8.85. The summed E-state index contributed by atoms with van der Waals surface area (Å²) in [7, 11) is 0. The summed E-state index contributed by atoms with van der Waals surface area (Å²) >= 11 is 17.6. The first-order valence-corrected chi connectivity index (χ1v) is 5.97. The van der Waals surface area contributed by atoms with Crippen LogP contribution in [0.3, 0.4) is 0 Å². The van der Waals surface area contributed by atoms with E-state index in [1.165, 1.54) is 0 Å². The number of hydrogen-bond donors (Lipinski definition) is 0. The van der Waals surface area contributed by atoms with Crippen molar-refractivity contribution < 1.29 is 4.74 Å². The third-order valence-electron chi connectivity index (χ3n) is 2.10. The van der Waals surface area contributed by atoms with Gasteiger partial charge in [0.25, 0.3) is 0 Å². The Morgan fingerprint density at radius 1 is 1.06 bits per heavy atom. The summed E-state index contributed by atoms with van der Waals surface area (Å²) in [6.45, 7) is 0.363. The van der Waals surface area contributed by atoms with Gasteiger partial charge in [-0.1, -0.05) is 40.9 Å². The molecule has 0 amide bonds. The molecule has 2 aromatic rings. The summed E-state index contributed by atoms with van der Waals surface area (Å²) in [5.41, 5.74) is 0.916. The molecule has 0 bridgehead atoms. The third kappa shape index (κ3) is 3.25. The van der Waals surface area contributed by atoms with E-state index in [0.29, 0.717) is 27.6 Å². The predicted molar refractivity (Wildman–Crippen MR) is 70.0 cm³/mol. The second kappa shape index (κ2) is 5.58. The van der Waals surface area contributed by atoms with E-state index in [1.54, 1.807) is 30.5 Å². The topological polar surface area (TPSA) is 22.1 Å². The standard InChI is InChI=1S/C12H8Cl3NO/c13-9-4-3-8(6-10(9)14)7-17-11-2-1-5-16-12(11)15/h1-6H,7H2. The zero-order chi connectivity index (χ0) is 12.3. The molecule has 0 unspecified atom stereocenters. The molecule has 0 saturated heterocycles. The minimum atomic E-state index is 0.340. The van der Waals surface area contributed by atoms with Gasteiger partial charge in [-0.2, -0.15) is 0 Å². The number of aromatic nitrogens is 1. The molecule has 0 aliphatic heterocycles. The van der Waals surface area contributed by atoms with Crippen molar-refractivity contribution in [1.29, 1.82) is 0 Å². The van der Waals surface area contributed by atoms with E-state index < -0.39 is 0 Å². The highest BCUT2D eigenvalue weighted by Gasteiger charge is 2.03. The average Bonchev–Trinajstić information content (AvgIpc) is 2.32. The molecule has 0 atom stereocenters. The van der Waals surface area contributed by atoms with Crippen LogP contribution in [-0.2, 0) is 6.61 Å². The molecule has 5 heteroatoms. The van der Waals surface area contributed by atoms with Gasteiger partial charge in [0.05, 0.1) is 10.0 Å². The molecule has 0 aliphatic rings. The molecule has 1 aromatic heterocycles. The average molecular weight is 289 g/mol. The second-order valence-electron chi connectivity index (χ2n) is 3.33. The fraction of sp³-hybridized carbons (Fsp3) is 0.0833. The first-order valence-electron chi connectivity index (χ1n) is 4.84. The minimum absolute atomic E-state index is 0.340. The van der Waals surface area contributed by atoms with Crippen molar-refractivity contribution in [1.82, 2.24) is 4.98 Å². The van der Waals surface area contributed by atoms with Crippen LogP contribution in [0, 0.1) is 0 Å². The normalized spacial score (nSPS) is 10.3. The second-order valence-corrected chi connectivity index (χ2v) is 4.50. The highest BCUT2D eigenvalue weighted by Crippen LogP contribution is 2.25. The van der Waals surface area contributed by atoms with Crippen molar-refractivity contribution >= 4 is 34.8 Å². The van der Waals surface area contributed by atoms with Gasteiger partial charge < -0.3 is 4.74 Å². The lowest BCUT2D eigenvalue weighted by Gasteiger charge is -2.07. The Labute approximate surface area is 114 Å². The molecule has 0 saturated carbocycles.